The van der Waals surface area contributed by atoms with Crippen LogP contribution in [0, 0.1) is 0 Å². The Morgan fingerprint density at radius 1 is 1.28 bits per heavy atom. The zero-order chi connectivity index (χ0) is 13.8. The van der Waals surface area contributed by atoms with Gasteiger partial charge in [-0.25, -0.2) is 0 Å². The molecule has 0 radical (unpaired) electrons. The van der Waals surface area contributed by atoms with Crippen molar-refractivity contribution in [2.75, 3.05) is 32.7 Å². The van der Waals surface area contributed by atoms with Crippen molar-refractivity contribution in [2.45, 2.75) is 32.0 Å². The summed E-state index contributed by atoms with van der Waals surface area (Å²) >= 11 is 5.02. The maximum absolute atomic E-state index is 12.2. The molecule has 0 aromatic heterocycles. The molecule has 2 N–H and O–H groups in total. The number of halogens is 3. The number of piperazine rings is 1. The number of thiocarbonyl (C=S) groups is 1. The molecule has 1 unspecified atom stereocenters. The van der Waals surface area contributed by atoms with Crippen molar-refractivity contribution in [1.82, 2.24) is 9.80 Å². The summed E-state index contributed by atoms with van der Waals surface area (Å²) in [4.78, 5) is 3.97. The summed E-state index contributed by atoms with van der Waals surface area (Å²) < 4.78 is 36.7. The van der Waals surface area contributed by atoms with E-state index in [0.717, 1.165) is 12.8 Å². The highest BCUT2D eigenvalue weighted by atomic mass is 32.1. The second-order valence-corrected chi connectivity index (χ2v) is 5.11. The Labute approximate surface area is 111 Å². The van der Waals surface area contributed by atoms with Crippen molar-refractivity contribution in [1.29, 1.82) is 0 Å². The minimum atomic E-state index is -4.12. The van der Waals surface area contributed by atoms with Crippen LogP contribution >= 0.6 is 12.2 Å². The molecule has 7 heteroatoms. The predicted molar refractivity (Wildman–Crippen MR) is 69.5 cm³/mol. The minimum absolute atomic E-state index is 0.0260. The highest BCUT2D eigenvalue weighted by Crippen LogP contribution is 2.18. The summed E-state index contributed by atoms with van der Waals surface area (Å²) in [5, 5.41) is 0. The van der Waals surface area contributed by atoms with Gasteiger partial charge in [-0.1, -0.05) is 25.6 Å². The first-order valence-corrected chi connectivity index (χ1v) is 6.56. The van der Waals surface area contributed by atoms with Gasteiger partial charge in [0.15, 0.2) is 0 Å². The number of alkyl halides is 3. The predicted octanol–water partition coefficient (Wildman–Crippen LogP) is 1.62. The number of nitrogens with zero attached hydrogens (tertiary/aromatic N) is 2. The molecule has 1 atom stereocenters. The van der Waals surface area contributed by atoms with Crippen LogP contribution in [-0.2, 0) is 0 Å². The molecule has 0 bridgehead atoms. The summed E-state index contributed by atoms with van der Waals surface area (Å²) in [6.45, 7) is 3.25. The quantitative estimate of drug-likeness (QED) is 0.777. The van der Waals surface area contributed by atoms with Crippen LogP contribution in [0.5, 0.6) is 0 Å². The van der Waals surface area contributed by atoms with Crippen LogP contribution in [0.25, 0.3) is 0 Å². The molecule has 3 nitrogen and oxygen atoms in total. The molecule has 1 aliphatic heterocycles. The van der Waals surface area contributed by atoms with Crippen molar-refractivity contribution in [2.24, 2.45) is 5.73 Å². The molecule has 0 amide bonds. The Bertz CT molecular complexity index is 275. The molecule has 0 spiro atoms. The van der Waals surface area contributed by atoms with Gasteiger partial charge in [0.05, 0.1) is 17.6 Å². The van der Waals surface area contributed by atoms with Crippen molar-refractivity contribution in [3.05, 3.63) is 0 Å². The van der Waals surface area contributed by atoms with E-state index in [2.05, 4.69) is 4.90 Å². The van der Waals surface area contributed by atoms with E-state index in [0.29, 0.717) is 31.2 Å². The largest absolute Gasteiger partial charge is 0.401 e. The van der Waals surface area contributed by atoms with Crippen molar-refractivity contribution < 1.29 is 13.2 Å². The Kier molecular flexibility index (Phi) is 5.81. The van der Waals surface area contributed by atoms with Crippen LogP contribution < -0.4 is 5.73 Å². The third-order valence-corrected chi connectivity index (χ3v) is 3.41. The van der Waals surface area contributed by atoms with Gasteiger partial charge in [0.25, 0.3) is 0 Å². The van der Waals surface area contributed by atoms with Gasteiger partial charge in [0.2, 0.25) is 0 Å². The third-order valence-electron chi connectivity index (χ3n) is 3.14. The van der Waals surface area contributed by atoms with E-state index in [4.69, 9.17) is 18.0 Å². The fourth-order valence-electron chi connectivity index (χ4n) is 2.26. The zero-order valence-electron chi connectivity index (χ0n) is 10.5. The molecule has 1 fully saturated rings. The Balaban J connectivity index is 2.44. The number of hydrogen-bond acceptors (Lipinski definition) is 3. The van der Waals surface area contributed by atoms with Gasteiger partial charge >= 0.3 is 6.18 Å². The lowest BCUT2D eigenvalue weighted by molar-refractivity contribution is -0.149. The van der Waals surface area contributed by atoms with E-state index in [1.54, 1.807) is 0 Å². The first-order valence-electron chi connectivity index (χ1n) is 6.16. The number of nitrogens with two attached hydrogens (primary N) is 1. The topological polar surface area (TPSA) is 32.5 Å². The minimum Gasteiger partial charge on any atom is -0.392 e. The maximum atomic E-state index is 12.2. The zero-order valence-corrected chi connectivity index (χ0v) is 11.4. The van der Waals surface area contributed by atoms with E-state index in [9.17, 15) is 13.2 Å². The molecular weight excluding hydrogens is 263 g/mol. The molecule has 18 heavy (non-hydrogen) atoms. The third kappa shape index (κ3) is 5.07. The summed E-state index contributed by atoms with van der Waals surface area (Å²) in [5.41, 5.74) is 5.69. The van der Waals surface area contributed by atoms with E-state index in [-0.39, 0.29) is 6.04 Å². The van der Waals surface area contributed by atoms with Gasteiger partial charge in [-0.15, -0.1) is 0 Å². The lowest BCUT2D eigenvalue weighted by Gasteiger charge is -2.39. The molecule has 1 aliphatic rings. The van der Waals surface area contributed by atoms with Gasteiger partial charge in [0.1, 0.15) is 0 Å². The Morgan fingerprint density at radius 2 is 1.83 bits per heavy atom. The van der Waals surface area contributed by atoms with E-state index < -0.39 is 12.7 Å². The van der Waals surface area contributed by atoms with Crippen LogP contribution in [0.3, 0.4) is 0 Å². The normalized spacial score (nSPS) is 20.9. The van der Waals surface area contributed by atoms with E-state index in [1.807, 2.05) is 6.92 Å². The molecule has 1 heterocycles. The molecule has 1 rings (SSSR count). The van der Waals surface area contributed by atoms with Crippen LogP contribution in [0.15, 0.2) is 0 Å². The molecular formula is C11H20F3N3S. The van der Waals surface area contributed by atoms with E-state index >= 15 is 0 Å². The van der Waals surface area contributed by atoms with Crippen LogP contribution in [0.4, 0.5) is 13.2 Å². The Morgan fingerprint density at radius 3 is 2.22 bits per heavy atom. The fraction of sp³-hybridized carbons (Fsp3) is 0.909. The lowest BCUT2D eigenvalue weighted by atomic mass is 10.1. The molecule has 106 valence electrons. The maximum Gasteiger partial charge on any atom is 0.401 e. The smallest absolute Gasteiger partial charge is 0.392 e. The lowest BCUT2D eigenvalue weighted by Crippen LogP contribution is -2.54. The number of rotatable bonds is 5. The first kappa shape index (κ1) is 15.7. The summed E-state index contributed by atoms with van der Waals surface area (Å²) in [7, 11) is 0. The van der Waals surface area contributed by atoms with Crippen molar-refractivity contribution in [3.8, 4) is 0 Å². The first-order chi connectivity index (χ1) is 8.33. The van der Waals surface area contributed by atoms with Crippen molar-refractivity contribution in [3.63, 3.8) is 0 Å². The van der Waals surface area contributed by atoms with Crippen LogP contribution in [-0.4, -0.2) is 59.7 Å². The van der Waals surface area contributed by atoms with Crippen LogP contribution in [0.1, 0.15) is 19.8 Å². The summed E-state index contributed by atoms with van der Waals surface area (Å²) in [6.07, 6.45) is -2.28. The average Bonchev–Trinajstić information content (AvgIpc) is 2.25. The molecule has 1 saturated heterocycles. The highest BCUT2D eigenvalue weighted by Gasteiger charge is 2.33. The summed E-state index contributed by atoms with van der Waals surface area (Å²) in [6, 6.07) is 0.0260. The van der Waals surface area contributed by atoms with Gasteiger partial charge in [0, 0.05) is 26.2 Å². The van der Waals surface area contributed by atoms with Gasteiger partial charge in [-0.05, 0) is 6.42 Å². The second-order valence-electron chi connectivity index (χ2n) is 4.63. The molecule has 0 saturated carbocycles. The van der Waals surface area contributed by atoms with Crippen molar-refractivity contribution >= 4 is 17.2 Å². The second kappa shape index (κ2) is 6.68. The van der Waals surface area contributed by atoms with Crippen LogP contribution in [0.2, 0.25) is 0 Å². The molecule has 0 aromatic carbocycles. The molecule has 0 aliphatic carbocycles. The monoisotopic (exact) mass is 283 g/mol. The Hall–Kier alpha value is -0.400. The summed E-state index contributed by atoms with van der Waals surface area (Å²) in [5.74, 6) is 0. The van der Waals surface area contributed by atoms with Gasteiger partial charge < -0.3 is 5.73 Å². The fourth-order valence-corrected chi connectivity index (χ4v) is 2.53. The SMILES string of the molecule is CCCC(C(N)=S)N1CCN(CC(F)(F)F)CC1. The highest BCUT2D eigenvalue weighted by molar-refractivity contribution is 7.80. The number of hydrogen-bond donors (Lipinski definition) is 1. The molecule has 0 aromatic rings. The standard InChI is InChI=1S/C11H20F3N3S/c1-2-3-9(10(15)18)17-6-4-16(5-7-17)8-11(12,13)14/h9H,2-8H2,1H3,(H2,15,18). The van der Waals surface area contributed by atoms with Gasteiger partial charge in [-0.3, -0.25) is 9.80 Å². The average molecular weight is 283 g/mol. The van der Waals surface area contributed by atoms with E-state index in [1.165, 1.54) is 4.90 Å². The van der Waals surface area contributed by atoms with Gasteiger partial charge in [-0.2, -0.15) is 13.2 Å².